The third-order valence-electron chi connectivity index (χ3n) is 11.9. The lowest BCUT2D eigenvalue weighted by molar-refractivity contribution is 0.384. The van der Waals surface area contributed by atoms with Gasteiger partial charge in [0, 0.05) is 6.54 Å². The number of fused-ring (bicyclic) bond motifs is 4. The summed E-state index contributed by atoms with van der Waals surface area (Å²) in [5, 5.41) is 11.9. The van der Waals surface area contributed by atoms with Crippen LogP contribution in [0.15, 0.2) is 143 Å². The maximum atomic E-state index is 14.7. The van der Waals surface area contributed by atoms with E-state index in [0.29, 0.717) is 17.3 Å². The molecule has 1 unspecified atom stereocenters. The molecule has 1 aromatic heterocycles. The van der Waals surface area contributed by atoms with Gasteiger partial charge >= 0.3 is 0 Å². The average Bonchev–Trinajstić information content (AvgIpc) is 3.47. The van der Waals surface area contributed by atoms with Crippen LogP contribution in [-0.2, 0) is 6.54 Å². The van der Waals surface area contributed by atoms with E-state index in [1.165, 1.54) is 5.39 Å². The Balaban J connectivity index is 1.45. The predicted molar refractivity (Wildman–Crippen MR) is 225 cm³/mol. The highest BCUT2D eigenvalue weighted by molar-refractivity contribution is 6.46. The van der Waals surface area contributed by atoms with Gasteiger partial charge < -0.3 is 0 Å². The molecule has 3 heteroatoms. The SMILES string of the molecule is CCCCC(CC)Cn1c(=O)c2c3ccc4c(-c5ccccc5)ccc5c6c(-c7ccccc7)cc(-c7ccccc7)c7ccc(c2c1=O)c(c76)c3c45. The van der Waals surface area contributed by atoms with Crippen LogP contribution in [0.3, 0.4) is 0 Å². The molecule has 256 valence electrons. The van der Waals surface area contributed by atoms with E-state index >= 15 is 0 Å². The van der Waals surface area contributed by atoms with Crippen molar-refractivity contribution in [2.45, 2.75) is 46.1 Å². The lowest BCUT2D eigenvalue weighted by Crippen LogP contribution is -2.29. The van der Waals surface area contributed by atoms with Crippen molar-refractivity contribution in [1.82, 2.24) is 4.57 Å². The molecule has 0 saturated carbocycles. The molecular formula is C50H39NO2. The Labute approximate surface area is 307 Å². The zero-order chi connectivity index (χ0) is 35.8. The third-order valence-corrected chi connectivity index (χ3v) is 11.9. The molecule has 53 heavy (non-hydrogen) atoms. The van der Waals surface area contributed by atoms with Crippen LogP contribution in [0.4, 0.5) is 0 Å². The topological polar surface area (TPSA) is 39.1 Å². The number of unbranched alkanes of at least 4 members (excludes halogenated alkanes) is 1. The van der Waals surface area contributed by atoms with Crippen LogP contribution in [0.2, 0.25) is 0 Å². The zero-order valence-electron chi connectivity index (χ0n) is 30.1. The summed E-state index contributed by atoms with van der Waals surface area (Å²) in [4.78, 5) is 29.4. The van der Waals surface area contributed by atoms with Crippen LogP contribution in [0.1, 0.15) is 39.5 Å². The van der Waals surface area contributed by atoms with Crippen LogP contribution >= 0.6 is 0 Å². The molecule has 0 fully saturated rings. The Kier molecular flexibility index (Phi) is 7.33. The van der Waals surface area contributed by atoms with E-state index in [9.17, 15) is 9.59 Å². The summed E-state index contributed by atoms with van der Waals surface area (Å²) in [7, 11) is 0. The van der Waals surface area contributed by atoms with Crippen molar-refractivity contribution < 1.29 is 0 Å². The second-order valence-electron chi connectivity index (χ2n) is 14.8. The normalized spacial score (nSPS) is 12.8. The first-order valence-corrected chi connectivity index (χ1v) is 19.1. The van der Waals surface area contributed by atoms with Crippen molar-refractivity contribution in [2.75, 3.05) is 0 Å². The molecule has 10 rings (SSSR count). The van der Waals surface area contributed by atoms with E-state index in [1.807, 2.05) is 0 Å². The van der Waals surface area contributed by atoms with Crippen molar-refractivity contribution in [3.05, 3.63) is 154 Å². The fourth-order valence-corrected chi connectivity index (χ4v) is 9.37. The number of rotatable bonds is 9. The molecule has 9 aromatic carbocycles. The lowest BCUT2D eigenvalue weighted by Gasteiger charge is -2.23. The fraction of sp³-hybridized carbons (Fsp3) is 0.160. The van der Waals surface area contributed by atoms with Gasteiger partial charge in [0.05, 0.1) is 10.8 Å². The Morgan fingerprint density at radius 1 is 0.453 bits per heavy atom. The summed E-state index contributed by atoms with van der Waals surface area (Å²) in [6.07, 6.45) is 4.13. The number of benzene rings is 9. The molecule has 1 heterocycles. The quantitative estimate of drug-likeness (QED) is 0.112. The highest BCUT2D eigenvalue weighted by atomic mass is 16.2. The van der Waals surface area contributed by atoms with Gasteiger partial charge in [0.2, 0.25) is 0 Å². The minimum atomic E-state index is -0.158. The Hall–Kier alpha value is -6.06. The fourth-order valence-electron chi connectivity index (χ4n) is 9.37. The molecule has 0 spiro atoms. The van der Waals surface area contributed by atoms with Crippen LogP contribution in [0.5, 0.6) is 0 Å². The van der Waals surface area contributed by atoms with Crippen LogP contribution in [-0.4, -0.2) is 4.57 Å². The molecule has 0 aliphatic rings. The van der Waals surface area contributed by atoms with Crippen LogP contribution in [0.25, 0.3) is 98.0 Å². The molecule has 0 aliphatic heterocycles. The second kappa shape index (κ2) is 12.3. The van der Waals surface area contributed by atoms with Crippen LogP contribution in [0, 0.1) is 5.92 Å². The molecular weight excluding hydrogens is 647 g/mol. The van der Waals surface area contributed by atoms with E-state index in [-0.39, 0.29) is 17.0 Å². The molecule has 0 aliphatic carbocycles. The maximum Gasteiger partial charge on any atom is 0.262 e. The molecule has 0 bridgehead atoms. The van der Waals surface area contributed by atoms with Gasteiger partial charge in [0.15, 0.2) is 0 Å². The first kappa shape index (κ1) is 31.7. The highest BCUT2D eigenvalue weighted by Gasteiger charge is 2.28. The van der Waals surface area contributed by atoms with E-state index in [0.717, 1.165) is 108 Å². The number of hydrogen-bond acceptors (Lipinski definition) is 2. The number of aromatic nitrogens is 1. The first-order chi connectivity index (χ1) is 26.1. The van der Waals surface area contributed by atoms with E-state index in [1.54, 1.807) is 4.57 Å². The minimum Gasteiger partial charge on any atom is -0.274 e. The van der Waals surface area contributed by atoms with E-state index < -0.39 is 0 Å². The summed E-state index contributed by atoms with van der Waals surface area (Å²) in [6.45, 7) is 4.82. The van der Waals surface area contributed by atoms with Crippen molar-refractivity contribution >= 4 is 64.6 Å². The van der Waals surface area contributed by atoms with E-state index in [4.69, 9.17) is 0 Å². The van der Waals surface area contributed by atoms with Gasteiger partial charge in [-0.2, -0.15) is 0 Å². The summed E-state index contributed by atoms with van der Waals surface area (Å²) in [5.74, 6) is 0.278. The van der Waals surface area contributed by atoms with E-state index in [2.05, 4.69) is 147 Å². The van der Waals surface area contributed by atoms with Gasteiger partial charge in [-0.1, -0.05) is 161 Å². The highest BCUT2D eigenvalue weighted by Crippen LogP contribution is 2.52. The first-order valence-electron chi connectivity index (χ1n) is 19.1. The lowest BCUT2D eigenvalue weighted by atomic mass is 9.79. The molecule has 3 nitrogen and oxygen atoms in total. The smallest absolute Gasteiger partial charge is 0.262 e. The van der Waals surface area contributed by atoms with Crippen molar-refractivity contribution in [1.29, 1.82) is 0 Å². The largest absolute Gasteiger partial charge is 0.274 e. The third kappa shape index (κ3) is 4.59. The Morgan fingerprint density at radius 2 is 0.906 bits per heavy atom. The standard InChI is InChI=1S/C50H39NO2/c1-3-5-15-30(4-2)29-51-49(52)47-38-26-23-35-34(31-16-9-6-10-17-31)22-25-37-42(35)45(38)46-39(48(47)50(51)53)27-24-36-40(32-18-11-7-12-19-32)28-41(43(37)44(36)46)33-20-13-8-14-21-33/h6-14,16-28,30H,3-5,15,29H2,1-2H3. The monoisotopic (exact) mass is 685 g/mol. The van der Waals surface area contributed by atoms with Gasteiger partial charge in [-0.25, -0.2) is 0 Å². The van der Waals surface area contributed by atoms with Crippen molar-refractivity contribution in [2.24, 2.45) is 5.92 Å². The summed E-state index contributed by atoms with van der Waals surface area (Å²) >= 11 is 0. The maximum absolute atomic E-state index is 14.7. The van der Waals surface area contributed by atoms with Gasteiger partial charge in [0.1, 0.15) is 0 Å². The Bertz CT molecular complexity index is 3070. The van der Waals surface area contributed by atoms with Gasteiger partial charge in [0.25, 0.3) is 11.1 Å². The zero-order valence-corrected chi connectivity index (χ0v) is 30.1. The number of hydrogen-bond donors (Lipinski definition) is 0. The average molecular weight is 686 g/mol. The molecule has 0 N–H and O–H groups in total. The Morgan fingerprint density at radius 3 is 1.47 bits per heavy atom. The van der Waals surface area contributed by atoms with Gasteiger partial charge in [-0.3, -0.25) is 14.2 Å². The summed E-state index contributed by atoms with van der Waals surface area (Å²) in [5.41, 5.74) is 6.59. The number of nitrogens with zero attached hydrogens (tertiary/aromatic N) is 1. The summed E-state index contributed by atoms with van der Waals surface area (Å²) < 4.78 is 1.57. The predicted octanol–water partition coefficient (Wildman–Crippen LogP) is 12.7. The van der Waals surface area contributed by atoms with Gasteiger partial charge in [-0.05, 0) is 106 Å². The molecule has 0 saturated heterocycles. The van der Waals surface area contributed by atoms with Crippen molar-refractivity contribution in [3.8, 4) is 33.4 Å². The summed E-state index contributed by atoms with van der Waals surface area (Å²) in [6, 6.07) is 47.4. The van der Waals surface area contributed by atoms with Crippen molar-refractivity contribution in [3.63, 3.8) is 0 Å². The molecule has 10 aromatic rings. The second-order valence-corrected chi connectivity index (χ2v) is 14.8. The minimum absolute atomic E-state index is 0.157. The molecule has 0 amide bonds. The molecule has 0 radical (unpaired) electrons. The van der Waals surface area contributed by atoms with Crippen LogP contribution < -0.4 is 11.1 Å². The van der Waals surface area contributed by atoms with Gasteiger partial charge in [-0.15, -0.1) is 0 Å². The molecule has 1 atom stereocenters.